The van der Waals surface area contributed by atoms with Gasteiger partial charge in [-0.15, -0.1) is 34.5 Å². The molecule has 114 valence electrons. The molecule has 0 unspecified atom stereocenters. The molecule has 0 aliphatic carbocycles. The van der Waals surface area contributed by atoms with Gasteiger partial charge < -0.3 is 6.92 Å². The van der Waals surface area contributed by atoms with Crippen molar-refractivity contribution < 1.29 is 20.8 Å². The maximum atomic E-state index is 4.93. The molecule has 0 aliphatic heterocycles. The fourth-order valence-electron chi connectivity index (χ4n) is 1.80. The summed E-state index contributed by atoms with van der Waals surface area (Å²) in [5.41, 5.74) is 2.71. The normalized spacial score (nSPS) is 8.48. The van der Waals surface area contributed by atoms with Crippen LogP contribution >= 0.6 is 17.0 Å². The second-order valence-corrected chi connectivity index (χ2v) is 7.87. The van der Waals surface area contributed by atoms with Crippen molar-refractivity contribution >= 4 is 27.8 Å². The summed E-state index contributed by atoms with van der Waals surface area (Å²) in [7, 11) is 9.87. The summed E-state index contributed by atoms with van der Waals surface area (Å²) in [5.74, 6) is 0. The van der Waals surface area contributed by atoms with E-state index >= 15 is 0 Å². The number of benzene rings is 1. The van der Waals surface area contributed by atoms with Crippen LogP contribution in [0.1, 0.15) is 18.1 Å². The number of hydrogen-bond acceptors (Lipinski definition) is 0. The molecule has 0 saturated carbocycles. The van der Waals surface area contributed by atoms with Crippen LogP contribution in [0.4, 0.5) is 0 Å². The standard InChI is InChI=1S/C11H11.C5H5.C2H5.2ClH.Zr/c1-8-3-6-11-9(2)4-5-10(11)7-8;1-2-4-5-3-1;1-2;;;/h3-7H,1-2H3;1-5H;1H2,2H3;2*1H;/q3*-1;;;+2/p-2. The third kappa shape index (κ3) is 8.61. The molecule has 0 aliphatic rings. The molecule has 0 nitrogen and oxygen atoms in total. The van der Waals surface area contributed by atoms with Crippen molar-refractivity contribution in [3.63, 3.8) is 0 Å². The van der Waals surface area contributed by atoms with Crippen LogP contribution in [-0.2, 0) is 20.8 Å². The Morgan fingerprint density at radius 2 is 1.67 bits per heavy atom. The fourth-order valence-corrected chi connectivity index (χ4v) is 1.80. The summed E-state index contributed by atoms with van der Waals surface area (Å²) < 4.78 is 0. The van der Waals surface area contributed by atoms with E-state index in [0.717, 1.165) is 0 Å². The summed E-state index contributed by atoms with van der Waals surface area (Å²) in [4.78, 5) is 0. The van der Waals surface area contributed by atoms with Crippen LogP contribution in [-0.4, -0.2) is 0 Å². The predicted octanol–water partition coefficient (Wildman–Crippen LogP) is 6.80. The molecule has 3 rings (SSSR count). The van der Waals surface area contributed by atoms with E-state index in [1.54, 1.807) is 6.92 Å². The summed E-state index contributed by atoms with van der Waals surface area (Å²) in [6, 6.07) is 20.9. The van der Waals surface area contributed by atoms with Crippen LogP contribution in [0.3, 0.4) is 0 Å². The second kappa shape index (κ2) is 13.3. The van der Waals surface area contributed by atoms with Gasteiger partial charge in [0.1, 0.15) is 0 Å². The van der Waals surface area contributed by atoms with E-state index in [0.29, 0.717) is 0 Å². The van der Waals surface area contributed by atoms with Crippen LogP contribution in [0.2, 0.25) is 0 Å². The van der Waals surface area contributed by atoms with E-state index in [1.807, 2.05) is 30.3 Å². The zero-order valence-electron chi connectivity index (χ0n) is 12.7. The summed E-state index contributed by atoms with van der Waals surface area (Å²) >= 11 is -0.826. The Kier molecular flexibility index (Phi) is 13.1. The van der Waals surface area contributed by atoms with Gasteiger partial charge in [0.15, 0.2) is 0 Å². The predicted molar refractivity (Wildman–Crippen MR) is 93.8 cm³/mol. The van der Waals surface area contributed by atoms with Gasteiger partial charge in [-0.3, -0.25) is 0 Å². The van der Waals surface area contributed by atoms with Crippen molar-refractivity contribution in [3.05, 3.63) is 78.7 Å². The third-order valence-corrected chi connectivity index (χ3v) is 2.70. The van der Waals surface area contributed by atoms with E-state index in [2.05, 4.69) is 51.1 Å². The molecule has 0 heterocycles. The molecular weight excluding hydrogens is 378 g/mol. The molecule has 0 amide bonds. The summed E-state index contributed by atoms with van der Waals surface area (Å²) in [6.07, 6.45) is 0. The molecule has 0 aromatic heterocycles. The van der Waals surface area contributed by atoms with E-state index in [4.69, 9.17) is 17.0 Å². The van der Waals surface area contributed by atoms with E-state index in [9.17, 15) is 0 Å². The van der Waals surface area contributed by atoms with Crippen molar-refractivity contribution in [3.8, 4) is 0 Å². The monoisotopic (exact) mass is 397 g/mol. The van der Waals surface area contributed by atoms with Gasteiger partial charge >= 0.3 is 37.9 Å². The van der Waals surface area contributed by atoms with Crippen molar-refractivity contribution in [2.75, 3.05) is 0 Å². The van der Waals surface area contributed by atoms with Crippen LogP contribution in [0.15, 0.2) is 60.7 Å². The molecule has 3 heteroatoms. The SMILES string of the molecule is Cc1ccc2c(cc[c-]2C)c1.[CH2-]C.[Cl][Zr][Cl].c1cc[cH-]c1. The van der Waals surface area contributed by atoms with Gasteiger partial charge in [0.25, 0.3) is 0 Å². The van der Waals surface area contributed by atoms with Gasteiger partial charge in [-0.1, -0.05) is 12.5 Å². The van der Waals surface area contributed by atoms with Gasteiger partial charge in [-0.05, 0) is 6.92 Å². The van der Waals surface area contributed by atoms with Crippen molar-refractivity contribution in [2.45, 2.75) is 20.8 Å². The smallest absolute Gasteiger partial charge is 0.172 e. The Hall–Kier alpha value is -0.357. The average molecular weight is 399 g/mol. The minimum absolute atomic E-state index is 0.826. The van der Waals surface area contributed by atoms with Crippen LogP contribution < -0.4 is 0 Å². The number of fused-ring (bicyclic) bond motifs is 1. The first-order valence-corrected chi connectivity index (χ1v) is 13.0. The van der Waals surface area contributed by atoms with Crippen LogP contribution in [0.5, 0.6) is 0 Å². The number of aryl methyl sites for hydroxylation is 2. The fraction of sp³-hybridized carbons (Fsp3) is 0.167. The first-order valence-electron chi connectivity index (χ1n) is 6.65. The summed E-state index contributed by atoms with van der Waals surface area (Å²) in [6.45, 7) is 9.28. The Balaban J connectivity index is 0.000000335. The minimum atomic E-state index is -0.826. The van der Waals surface area contributed by atoms with Crippen molar-refractivity contribution in [1.29, 1.82) is 0 Å². The molecule has 0 bridgehead atoms. The van der Waals surface area contributed by atoms with Crippen LogP contribution in [0.25, 0.3) is 10.8 Å². The van der Waals surface area contributed by atoms with Gasteiger partial charge in [0.2, 0.25) is 0 Å². The minimum Gasteiger partial charge on any atom is -0.214 e. The van der Waals surface area contributed by atoms with Gasteiger partial charge in [-0.2, -0.15) is 37.3 Å². The first kappa shape index (κ1) is 20.6. The molecule has 21 heavy (non-hydrogen) atoms. The van der Waals surface area contributed by atoms with Crippen LogP contribution in [0, 0.1) is 20.8 Å². The Morgan fingerprint density at radius 1 is 1.10 bits per heavy atom. The van der Waals surface area contributed by atoms with E-state index < -0.39 is 20.8 Å². The number of hydrogen-bond donors (Lipinski definition) is 0. The first-order chi connectivity index (χ1) is 10.2. The maximum absolute atomic E-state index is 4.93. The Labute approximate surface area is 147 Å². The van der Waals surface area contributed by atoms with Gasteiger partial charge in [-0.25, -0.2) is 12.1 Å². The maximum Gasteiger partial charge on any atom is -0.172 e. The Bertz CT molecular complexity index is 551. The largest absolute Gasteiger partial charge is 0.214 e. The summed E-state index contributed by atoms with van der Waals surface area (Å²) in [5, 5.41) is 2.75. The van der Waals surface area contributed by atoms with Gasteiger partial charge in [0, 0.05) is 0 Å². The van der Waals surface area contributed by atoms with Crippen molar-refractivity contribution in [2.24, 2.45) is 0 Å². The van der Waals surface area contributed by atoms with E-state index in [1.165, 1.54) is 21.9 Å². The van der Waals surface area contributed by atoms with Crippen molar-refractivity contribution in [1.82, 2.24) is 0 Å². The molecule has 0 fully saturated rings. The molecule has 0 saturated heterocycles. The number of rotatable bonds is 0. The zero-order chi connectivity index (χ0) is 16.1. The average Bonchev–Trinajstić information content (AvgIpc) is 3.16. The molecule has 0 N–H and O–H groups in total. The van der Waals surface area contributed by atoms with E-state index in [-0.39, 0.29) is 0 Å². The number of halogens is 2. The molecular formula is C18H21Cl2Zr-3. The molecule has 0 radical (unpaired) electrons. The molecule has 3 aromatic carbocycles. The van der Waals surface area contributed by atoms with Gasteiger partial charge in [0.05, 0.1) is 0 Å². The quantitative estimate of drug-likeness (QED) is 0.365. The third-order valence-electron chi connectivity index (χ3n) is 2.70. The molecule has 3 aromatic rings. The Morgan fingerprint density at radius 3 is 2.14 bits per heavy atom. The molecule has 0 spiro atoms. The second-order valence-electron chi connectivity index (χ2n) is 4.14. The zero-order valence-corrected chi connectivity index (χ0v) is 16.7. The topological polar surface area (TPSA) is 0 Å². The molecule has 0 atom stereocenters.